The minimum atomic E-state index is -1.48. The van der Waals surface area contributed by atoms with Crippen LogP contribution in [0.5, 0.6) is 0 Å². The van der Waals surface area contributed by atoms with Crippen molar-refractivity contribution in [2.45, 2.75) is 83.1 Å². The summed E-state index contributed by atoms with van der Waals surface area (Å²) in [5, 5.41) is 16.6. The van der Waals surface area contributed by atoms with E-state index in [2.05, 4.69) is 17.2 Å². The van der Waals surface area contributed by atoms with Gasteiger partial charge < -0.3 is 25.5 Å². The Balaban J connectivity index is 1.44. The van der Waals surface area contributed by atoms with Crippen molar-refractivity contribution in [3.8, 4) is 0 Å². The fourth-order valence-corrected chi connectivity index (χ4v) is 7.65. The third-order valence-electron chi connectivity index (χ3n) is 8.63. The minimum Gasteiger partial charge on any atom is -0.479 e. The number of carbonyl (C=O) groups is 5. The van der Waals surface area contributed by atoms with Gasteiger partial charge in [0.25, 0.3) is 5.91 Å². The number of nitrogens with zero attached hydrogens (tertiary/aromatic N) is 2. The lowest BCUT2D eigenvalue weighted by atomic mass is 9.84. The molecule has 0 radical (unpaired) electrons. The summed E-state index contributed by atoms with van der Waals surface area (Å²) in [6.45, 7) is 10.8. The SMILES string of the molecule is C=CC1CC1(NC(=O)C1CC(NC(=O)c2sc3ccccc3c2Cl)CN1C(=O)C(N(C(C)=O)C1CC1)C(C)(C)C)C(=O)O. The molecule has 2 heterocycles. The standard InChI is InChI=1S/C31H37ClN4O6S/c1-6-17-14-31(17,29(41)42)34-26(38)21-13-18(33-27(39)24-23(32)20-9-7-8-10-22(20)43-24)15-35(21)28(40)25(30(3,4)5)36(16(2)37)19-11-12-19/h6-10,17-19,21,25H,1,11-15H2,2-5H3,(H,33,39)(H,34,38)(H,41,42). The summed E-state index contributed by atoms with van der Waals surface area (Å²) >= 11 is 7.80. The van der Waals surface area contributed by atoms with Crippen LogP contribution in [0, 0.1) is 11.3 Å². The highest BCUT2D eigenvalue weighted by atomic mass is 35.5. The molecule has 3 N–H and O–H groups in total. The van der Waals surface area contributed by atoms with E-state index in [9.17, 15) is 29.1 Å². The van der Waals surface area contributed by atoms with Crippen LogP contribution in [0.4, 0.5) is 0 Å². The summed E-state index contributed by atoms with van der Waals surface area (Å²) in [7, 11) is 0. The maximum absolute atomic E-state index is 14.4. The van der Waals surface area contributed by atoms with Crippen LogP contribution in [0.2, 0.25) is 5.02 Å². The van der Waals surface area contributed by atoms with Gasteiger partial charge in [-0.05, 0) is 37.2 Å². The number of carbonyl (C=O) groups excluding carboxylic acids is 4. The van der Waals surface area contributed by atoms with Crippen molar-refractivity contribution in [1.82, 2.24) is 20.4 Å². The van der Waals surface area contributed by atoms with Crippen LogP contribution in [-0.4, -0.2) is 80.8 Å². The molecule has 2 aromatic rings. The molecule has 2 saturated carbocycles. The molecule has 12 heteroatoms. The van der Waals surface area contributed by atoms with Gasteiger partial charge in [-0.1, -0.05) is 56.6 Å². The van der Waals surface area contributed by atoms with Crippen LogP contribution in [0.1, 0.15) is 63.0 Å². The number of fused-ring (bicyclic) bond motifs is 1. The lowest BCUT2D eigenvalue weighted by molar-refractivity contribution is -0.153. The Kier molecular flexibility index (Phi) is 8.11. The van der Waals surface area contributed by atoms with E-state index < -0.39 is 58.7 Å². The van der Waals surface area contributed by atoms with Gasteiger partial charge in [-0.3, -0.25) is 19.2 Å². The van der Waals surface area contributed by atoms with E-state index in [1.54, 1.807) is 4.90 Å². The summed E-state index contributed by atoms with van der Waals surface area (Å²) in [6, 6.07) is 4.83. The molecule has 4 amide bonds. The number of benzene rings is 1. The van der Waals surface area contributed by atoms with E-state index in [1.807, 2.05) is 45.0 Å². The number of rotatable bonds is 9. The number of carboxylic acid groups (broad SMARTS) is 1. The zero-order valence-corrected chi connectivity index (χ0v) is 26.3. The monoisotopic (exact) mass is 628 g/mol. The molecule has 1 aromatic carbocycles. The molecular formula is C31H37ClN4O6S. The molecule has 230 valence electrons. The van der Waals surface area contributed by atoms with Crippen molar-refractivity contribution in [2.24, 2.45) is 11.3 Å². The molecule has 2 aliphatic carbocycles. The van der Waals surface area contributed by atoms with E-state index in [1.165, 1.54) is 29.2 Å². The van der Waals surface area contributed by atoms with Crippen molar-refractivity contribution in [1.29, 1.82) is 0 Å². The number of thiophene rings is 1. The smallest absolute Gasteiger partial charge is 0.330 e. The maximum atomic E-state index is 14.4. The molecule has 3 aliphatic rings. The van der Waals surface area contributed by atoms with Crippen LogP contribution in [-0.2, 0) is 19.2 Å². The molecule has 43 heavy (non-hydrogen) atoms. The number of halogens is 1. The van der Waals surface area contributed by atoms with Crippen molar-refractivity contribution in [2.75, 3.05) is 6.54 Å². The predicted octanol–water partition coefficient (Wildman–Crippen LogP) is 3.83. The largest absolute Gasteiger partial charge is 0.479 e. The van der Waals surface area contributed by atoms with Gasteiger partial charge in [-0.15, -0.1) is 17.9 Å². The topological polar surface area (TPSA) is 136 Å². The van der Waals surface area contributed by atoms with E-state index in [0.717, 1.165) is 22.9 Å². The van der Waals surface area contributed by atoms with Gasteiger partial charge in [-0.2, -0.15) is 0 Å². The van der Waals surface area contributed by atoms with E-state index in [0.29, 0.717) is 9.90 Å². The number of hydrogen-bond donors (Lipinski definition) is 3. The summed E-state index contributed by atoms with van der Waals surface area (Å²) in [5.74, 6) is -3.28. The molecule has 1 saturated heterocycles. The van der Waals surface area contributed by atoms with Gasteiger partial charge in [0.15, 0.2) is 0 Å². The van der Waals surface area contributed by atoms with Crippen molar-refractivity contribution in [3.63, 3.8) is 0 Å². The molecule has 0 spiro atoms. The Labute approximate surface area is 259 Å². The van der Waals surface area contributed by atoms with E-state index in [-0.39, 0.29) is 31.3 Å². The molecular weight excluding hydrogens is 592 g/mol. The van der Waals surface area contributed by atoms with Crippen LogP contribution in [0.15, 0.2) is 36.9 Å². The Hall–Kier alpha value is -3.44. The summed E-state index contributed by atoms with van der Waals surface area (Å²) in [4.78, 5) is 69.8. The van der Waals surface area contributed by atoms with Gasteiger partial charge in [0.1, 0.15) is 22.5 Å². The van der Waals surface area contributed by atoms with Crippen molar-refractivity contribution < 1.29 is 29.1 Å². The third-order valence-corrected chi connectivity index (χ3v) is 10.3. The summed E-state index contributed by atoms with van der Waals surface area (Å²) in [6.07, 6.45) is 3.36. The first-order valence-corrected chi connectivity index (χ1v) is 15.6. The quantitative estimate of drug-likeness (QED) is 0.361. The Morgan fingerprint density at radius 3 is 2.42 bits per heavy atom. The predicted molar refractivity (Wildman–Crippen MR) is 164 cm³/mol. The third kappa shape index (κ3) is 5.76. The van der Waals surface area contributed by atoms with Gasteiger partial charge in [0.05, 0.1) is 5.02 Å². The minimum absolute atomic E-state index is 0.0130. The van der Waals surface area contributed by atoms with Gasteiger partial charge >= 0.3 is 5.97 Å². The molecule has 1 aromatic heterocycles. The number of amides is 4. The molecule has 0 bridgehead atoms. The summed E-state index contributed by atoms with van der Waals surface area (Å²) < 4.78 is 0.857. The zero-order valence-electron chi connectivity index (χ0n) is 24.7. The van der Waals surface area contributed by atoms with E-state index >= 15 is 0 Å². The Bertz CT molecular complexity index is 1510. The number of aliphatic carboxylic acids is 1. The average molecular weight is 629 g/mol. The fraction of sp³-hybridized carbons (Fsp3) is 0.516. The highest BCUT2D eigenvalue weighted by Gasteiger charge is 2.61. The summed E-state index contributed by atoms with van der Waals surface area (Å²) in [5.41, 5.74) is -2.15. The molecule has 3 fully saturated rings. The Morgan fingerprint density at radius 1 is 1.21 bits per heavy atom. The maximum Gasteiger partial charge on any atom is 0.330 e. The first kappa shape index (κ1) is 31.0. The number of likely N-dealkylation sites (tertiary alicyclic amines) is 1. The fourth-order valence-electron chi connectivity index (χ4n) is 6.23. The normalized spacial score (nSPS) is 25.6. The van der Waals surface area contributed by atoms with Crippen LogP contribution in [0.3, 0.4) is 0 Å². The highest BCUT2D eigenvalue weighted by Crippen LogP contribution is 2.45. The number of nitrogens with one attached hydrogen (secondary N) is 2. The average Bonchev–Trinajstić information content (AvgIpc) is 3.83. The molecule has 5 rings (SSSR count). The van der Waals surface area contributed by atoms with Crippen LogP contribution < -0.4 is 10.6 Å². The van der Waals surface area contributed by atoms with Gasteiger partial charge in [0, 0.05) is 41.6 Å². The van der Waals surface area contributed by atoms with Crippen LogP contribution >= 0.6 is 22.9 Å². The number of hydrogen-bond acceptors (Lipinski definition) is 6. The van der Waals surface area contributed by atoms with Gasteiger partial charge in [-0.25, -0.2) is 4.79 Å². The second-order valence-corrected chi connectivity index (χ2v) is 14.3. The first-order chi connectivity index (χ1) is 20.2. The molecule has 10 nitrogen and oxygen atoms in total. The highest BCUT2D eigenvalue weighted by molar-refractivity contribution is 7.21. The second kappa shape index (κ2) is 11.2. The first-order valence-electron chi connectivity index (χ1n) is 14.4. The lowest BCUT2D eigenvalue weighted by Crippen LogP contribution is -2.60. The lowest BCUT2D eigenvalue weighted by Gasteiger charge is -2.41. The molecule has 5 atom stereocenters. The van der Waals surface area contributed by atoms with Crippen molar-refractivity contribution >= 4 is 62.6 Å². The Morgan fingerprint density at radius 2 is 1.88 bits per heavy atom. The zero-order chi connectivity index (χ0) is 31.4. The van der Waals surface area contributed by atoms with Crippen LogP contribution in [0.25, 0.3) is 10.1 Å². The number of carboxylic acids is 1. The molecule has 5 unspecified atom stereocenters. The molecule has 1 aliphatic heterocycles. The van der Waals surface area contributed by atoms with Gasteiger partial charge in [0.2, 0.25) is 17.7 Å². The van der Waals surface area contributed by atoms with Crippen molar-refractivity contribution in [3.05, 3.63) is 46.8 Å². The second-order valence-electron chi connectivity index (χ2n) is 12.9. The van der Waals surface area contributed by atoms with E-state index in [4.69, 9.17) is 11.6 Å².